The van der Waals surface area contributed by atoms with Crippen LogP contribution in [0.25, 0.3) is 0 Å². The van der Waals surface area contributed by atoms with Crippen molar-refractivity contribution in [2.45, 2.75) is 44.6 Å². The van der Waals surface area contributed by atoms with E-state index < -0.39 is 10.0 Å². The van der Waals surface area contributed by atoms with Gasteiger partial charge < -0.3 is 5.32 Å². The van der Waals surface area contributed by atoms with Gasteiger partial charge in [-0.05, 0) is 19.8 Å². The number of nitrogens with one attached hydrogen (secondary N) is 2. The van der Waals surface area contributed by atoms with Crippen LogP contribution < -0.4 is 10.0 Å². The van der Waals surface area contributed by atoms with Crippen LogP contribution in [0.5, 0.6) is 0 Å². The Labute approximate surface area is 108 Å². The van der Waals surface area contributed by atoms with Gasteiger partial charge in [0.2, 0.25) is 16.0 Å². The second-order valence-electron chi connectivity index (χ2n) is 3.91. The lowest BCUT2D eigenvalue weighted by Crippen LogP contribution is -2.34. The van der Waals surface area contributed by atoms with Crippen molar-refractivity contribution < 1.29 is 8.42 Å². The standard InChI is InChI=1S/C11H20N4O2S/c1-4-9(5-2)15-18(16,17)10-7-13-11(12-6-3)14-8-10/h7-9,15H,4-6H2,1-3H3,(H,12,13,14). The summed E-state index contributed by atoms with van der Waals surface area (Å²) in [6.45, 7) is 6.50. The van der Waals surface area contributed by atoms with E-state index in [0.717, 1.165) is 12.8 Å². The molecular weight excluding hydrogens is 252 g/mol. The fraction of sp³-hybridized carbons (Fsp3) is 0.636. The molecule has 0 unspecified atom stereocenters. The predicted molar refractivity (Wildman–Crippen MR) is 70.9 cm³/mol. The molecule has 1 aromatic heterocycles. The highest BCUT2D eigenvalue weighted by Gasteiger charge is 2.18. The fourth-order valence-electron chi connectivity index (χ4n) is 1.45. The number of hydrogen-bond donors (Lipinski definition) is 2. The lowest BCUT2D eigenvalue weighted by Gasteiger charge is -2.14. The summed E-state index contributed by atoms with van der Waals surface area (Å²) in [4.78, 5) is 8.00. The molecule has 0 saturated heterocycles. The predicted octanol–water partition coefficient (Wildman–Crippen LogP) is 1.38. The second kappa shape index (κ2) is 6.65. The van der Waals surface area contributed by atoms with E-state index in [0.29, 0.717) is 12.5 Å². The molecule has 0 bridgehead atoms. The smallest absolute Gasteiger partial charge is 0.243 e. The molecule has 0 aliphatic heterocycles. The number of rotatable bonds is 7. The Morgan fingerprint density at radius 2 is 1.72 bits per heavy atom. The molecule has 0 aliphatic carbocycles. The monoisotopic (exact) mass is 272 g/mol. The summed E-state index contributed by atoms with van der Waals surface area (Å²) < 4.78 is 26.7. The largest absolute Gasteiger partial charge is 0.355 e. The zero-order chi connectivity index (χ0) is 13.6. The van der Waals surface area contributed by atoms with Gasteiger partial charge in [0.15, 0.2) is 0 Å². The molecule has 6 nitrogen and oxygen atoms in total. The topological polar surface area (TPSA) is 84.0 Å². The Bertz CT molecular complexity index is 454. The summed E-state index contributed by atoms with van der Waals surface area (Å²) in [6, 6.07) is -0.0524. The maximum absolute atomic E-state index is 12.0. The van der Waals surface area contributed by atoms with Crippen LogP contribution in [-0.4, -0.2) is 31.0 Å². The average molecular weight is 272 g/mol. The molecule has 0 saturated carbocycles. The van der Waals surface area contributed by atoms with Crippen LogP contribution in [-0.2, 0) is 10.0 Å². The van der Waals surface area contributed by atoms with Gasteiger partial charge in [-0.15, -0.1) is 0 Å². The molecule has 0 aliphatic rings. The van der Waals surface area contributed by atoms with E-state index in [-0.39, 0.29) is 10.9 Å². The SMILES string of the molecule is CCNc1ncc(S(=O)(=O)NC(CC)CC)cn1. The molecule has 1 aromatic rings. The molecule has 1 rings (SSSR count). The summed E-state index contributed by atoms with van der Waals surface area (Å²) in [5.74, 6) is 0.430. The number of anilines is 1. The zero-order valence-electron chi connectivity index (χ0n) is 11.0. The molecule has 7 heteroatoms. The van der Waals surface area contributed by atoms with Crippen LogP contribution in [0.15, 0.2) is 17.3 Å². The van der Waals surface area contributed by atoms with Crippen molar-refractivity contribution in [2.75, 3.05) is 11.9 Å². The van der Waals surface area contributed by atoms with E-state index in [1.54, 1.807) is 0 Å². The molecule has 0 amide bonds. The van der Waals surface area contributed by atoms with Crippen LogP contribution >= 0.6 is 0 Å². The fourth-order valence-corrected chi connectivity index (χ4v) is 2.74. The average Bonchev–Trinajstić information content (AvgIpc) is 2.37. The molecule has 102 valence electrons. The van der Waals surface area contributed by atoms with Crippen LogP contribution in [0.3, 0.4) is 0 Å². The quantitative estimate of drug-likeness (QED) is 0.783. The Kier molecular flexibility index (Phi) is 5.49. The van der Waals surface area contributed by atoms with Crippen molar-refractivity contribution in [3.05, 3.63) is 12.4 Å². The number of nitrogens with zero attached hydrogens (tertiary/aromatic N) is 2. The Morgan fingerprint density at radius 1 is 1.17 bits per heavy atom. The Morgan fingerprint density at radius 3 is 2.17 bits per heavy atom. The molecule has 1 heterocycles. The van der Waals surface area contributed by atoms with Gasteiger partial charge in [0.05, 0.1) is 12.4 Å². The first kappa shape index (κ1) is 14.8. The highest BCUT2D eigenvalue weighted by molar-refractivity contribution is 7.89. The van der Waals surface area contributed by atoms with Crippen molar-refractivity contribution in [1.82, 2.24) is 14.7 Å². The van der Waals surface area contributed by atoms with E-state index in [2.05, 4.69) is 20.0 Å². The number of hydrogen-bond acceptors (Lipinski definition) is 5. The van der Waals surface area contributed by atoms with E-state index in [1.807, 2.05) is 20.8 Å². The van der Waals surface area contributed by atoms with E-state index in [4.69, 9.17) is 0 Å². The number of sulfonamides is 1. The molecule has 0 radical (unpaired) electrons. The van der Waals surface area contributed by atoms with Crippen LogP contribution in [0.1, 0.15) is 33.6 Å². The summed E-state index contributed by atoms with van der Waals surface area (Å²) >= 11 is 0. The van der Waals surface area contributed by atoms with Crippen molar-refractivity contribution in [2.24, 2.45) is 0 Å². The summed E-state index contributed by atoms with van der Waals surface area (Å²) in [6.07, 6.45) is 4.14. The molecular formula is C11H20N4O2S. The van der Waals surface area contributed by atoms with Crippen molar-refractivity contribution >= 4 is 16.0 Å². The van der Waals surface area contributed by atoms with E-state index >= 15 is 0 Å². The third kappa shape index (κ3) is 3.92. The molecule has 0 atom stereocenters. The maximum atomic E-state index is 12.0. The molecule has 0 spiro atoms. The highest BCUT2D eigenvalue weighted by Crippen LogP contribution is 2.10. The highest BCUT2D eigenvalue weighted by atomic mass is 32.2. The third-order valence-electron chi connectivity index (χ3n) is 2.58. The van der Waals surface area contributed by atoms with Crippen molar-refractivity contribution in [3.63, 3.8) is 0 Å². The molecule has 18 heavy (non-hydrogen) atoms. The van der Waals surface area contributed by atoms with E-state index in [9.17, 15) is 8.42 Å². The minimum Gasteiger partial charge on any atom is -0.355 e. The van der Waals surface area contributed by atoms with Gasteiger partial charge in [-0.1, -0.05) is 13.8 Å². The molecule has 0 aromatic carbocycles. The van der Waals surface area contributed by atoms with E-state index in [1.165, 1.54) is 12.4 Å². The first-order chi connectivity index (χ1) is 8.53. The lowest BCUT2D eigenvalue weighted by molar-refractivity contribution is 0.529. The van der Waals surface area contributed by atoms with Gasteiger partial charge in [-0.25, -0.2) is 23.1 Å². The normalized spacial score (nSPS) is 11.8. The van der Waals surface area contributed by atoms with Crippen LogP contribution in [0, 0.1) is 0 Å². The maximum Gasteiger partial charge on any atom is 0.243 e. The van der Waals surface area contributed by atoms with Gasteiger partial charge >= 0.3 is 0 Å². The second-order valence-corrected chi connectivity index (χ2v) is 5.62. The van der Waals surface area contributed by atoms with Crippen LogP contribution in [0.2, 0.25) is 0 Å². The lowest BCUT2D eigenvalue weighted by atomic mass is 10.2. The zero-order valence-corrected chi connectivity index (χ0v) is 11.8. The Balaban J connectivity index is 2.84. The van der Waals surface area contributed by atoms with Gasteiger partial charge in [0, 0.05) is 12.6 Å². The first-order valence-corrected chi connectivity index (χ1v) is 7.60. The molecule has 0 fully saturated rings. The van der Waals surface area contributed by atoms with Gasteiger partial charge in [-0.3, -0.25) is 0 Å². The first-order valence-electron chi connectivity index (χ1n) is 6.11. The third-order valence-corrected chi connectivity index (χ3v) is 4.06. The summed E-state index contributed by atoms with van der Waals surface area (Å²) in [5.41, 5.74) is 0. The van der Waals surface area contributed by atoms with Gasteiger partial charge in [0.1, 0.15) is 4.90 Å². The van der Waals surface area contributed by atoms with Gasteiger partial charge in [0.25, 0.3) is 0 Å². The Hall–Kier alpha value is -1.21. The summed E-state index contributed by atoms with van der Waals surface area (Å²) in [5, 5.41) is 2.91. The van der Waals surface area contributed by atoms with Crippen molar-refractivity contribution in [3.8, 4) is 0 Å². The minimum atomic E-state index is -3.52. The molecule has 2 N–H and O–H groups in total. The van der Waals surface area contributed by atoms with Crippen LogP contribution in [0.4, 0.5) is 5.95 Å². The van der Waals surface area contributed by atoms with Crippen molar-refractivity contribution in [1.29, 1.82) is 0 Å². The van der Waals surface area contributed by atoms with Gasteiger partial charge in [-0.2, -0.15) is 0 Å². The summed E-state index contributed by atoms with van der Waals surface area (Å²) in [7, 11) is -3.52. The number of aromatic nitrogens is 2. The minimum absolute atomic E-state index is 0.0524.